The van der Waals surface area contributed by atoms with Crippen molar-refractivity contribution in [3.8, 4) is 5.75 Å². The zero-order valence-corrected chi connectivity index (χ0v) is 14.5. The van der Waals surface area contributed by atoms with Crippen molar-refractivity contribution in [3.05, 3.63) is 47.5 Å². The van der Waals surface area contributed by atoms with Gasteiger partial charge in [0.2, 0.25) is 0 Å². The number of ether oxygens (including phenoxy) is 1. The van der Waals surface area contributed by atoms with E-state index in [2.05, 4.69) is 5.32 Å². The SMILES string of the molecule is COc1ccc(Nc2cc(C)c(C(=O)Cl)cc2S(C)(=O)=O)cc1. The number of rotatable bonds is 5. The fourth-order valence-electron chi connectivity index (χ4n) is 2.13. The van der Waals surface area contributed by atoms with Crippen LogP contribution in [0.5, 0.6) is 5.75 Å². The van der Waals surface area contributed by atoms with Gasteiger partial charge in [0.25, 0.3) is 5.24 Å². The summed E-state index contributed by atoms with van der Waals surface area (Å²) in [6.45, 7) is 1.70. The van der Waals surface area contributed by atoms with E-state index in [1.807, 2.05) is 0 Å². The van der Waals surface area contributed by atoms with Crippen LogP contribution in [-0.2, 0) is 9.84 Å². The maximum absolute atomic E-state index is 12.0. The molecule has 0 saturated carbocycles. The topological polar surface area (TPSA) is 72.5 Å². The van der Waals surface area contributed by atoms with E-state index >= 15 is 0 Å². The Morgan fingerprint density at radius 3 is 2.26 bits per heavy atom. The number of carbonyl (C=O) groups excluding carboxylic acids is 1. The predicted octanol–water partition coefficient (Wildman–Crippen LogP) is 3.53. The Bertz CT molecular complexity index is 845. The quantitative estimate of drug-likeness (QED) is 0.832. The van der Waals surface area contributed by atoms with Crippen molar-refractivity contribution in [2.45, 2.75) is 11.8 Å². The van der Waals surface area contributed by atoms with Gasteiger partial charge in [0.05, 0.1) is 17.7 Å². The molecule has 0 bridgehead atoms. The zero-order chi connectivity index (χ0) is 17.2. The molecule has 7 heteroatoms. The Morgan fingerprint density at radius 2 is 1.78 bits per heavy atom. The molecule has 5 nitrogen and oxygen atoms in total. The van der Waals surface area contributed by atoms with Crippen LogP contribution in [0.2, 0.25) is 0 Å². The largest absolute Gasteiger partial charge is 0.497 e. The molecule has 0 aliphatic rings. The van der Waals surface area contributed by atoms with Gasteiger partial charge in [-0.05, 0) is 60.5 Å². The van der Waals surface area contributed by atoms with E-state index in [0.29, 0.717) is 22.7 Å². The molecule has 0 fully saturated rings. The molecule has 0 aliphatic carbocycles. The average molecular weight is 354 g/mol. The van der Waals surface area contributed by atoms with Gasteiger partial charge in [-0.1, -0.05) is 0 Å². The van der Waals surface area contributed by atoms with E-state index < -0.39 is 15.1 Å². The first-order valence-electron chi connectivity index (χ1n) is 6.68. The first kappa shape index (κ1) is 17.3. The molecule has 122 valence electrons. The van der Waals surface area contributed by atoms with E-state index in [9.17, 15) is 13.2 Å². The second-order valence-corrected chi connectivity index (χ2v) is 7.39. The minimum absolute atomic E-state index is 0.0166. The van der Waals surface area contributed by atoms with Crippen LogP contribution >= 0.6 is 11.6 Å². The summed E-state index contributed by atoms with van der Waals surface area (Å²) in [7, 11) is -1.97. The molecule has 0 saturated heterocycles. The predicted molar refractivity (Wildman–Crippen MR) is 90.7 cm³/mol. The van der Waals surface area contributed by atoms with Crippen LogP contribution in [0.4, 0.5) is 11.4 Å². The molecular weight excluding hydrogens is 338 g/mol. The minimum atomic E-state index is -3.54. The number of hydrogen-bond donors (Lipinski definition) is 1. The van der Waals surface area contributed by atoms with E-state index in [-0.39, 0.29) is 10.5 Å². The van der Waals surface area contributed by atoms with Crippen LogP contribution in [0.15, 0.2) is 41.3 Å². The maximum atomic E-state index is 12.0. The lowest BCUT2D eigenvalue weighted by Gasteiger charge is -2.14. The Balaban J connectivity index is 2.51. The van der Waals surface area contributed by atoms with Crippen molar-refractivity contribution in [3.63, 3.8) is 0 Å². The van der Waals surface area contributed by atoms with Gasteiger partial charge in [-0.3, -0.25) is 4.79 Å². The zero-order valence-electron chi connectivity index (χ0n) is 12.9. The molecule has 2 aromatic carbocycles. The number of anilines is 2. The number of sulfone groups is 1. The van der Waals surface area contributed by atoms with E-state index in [0.717, 1.165) is 6.26 Å². The number of aryl methyl sites for hydroxylation is 1. The number of methoxy groups -OCH3 is 1. The third-order valence-corrected chi connectivity index (χ3v) is 4.65. The molecule has 0 atom stereocenters. The lowest BCUT2D eigenvalue weighted by molar-refractivity contribution is 0.108. The first-order chi connectivity index (χ1) is 10.7. The van der Waals surface area contributed by atoms with Crippen LogP contribution in [0.3, 0.4) is 0 Å². The summed E-state index contributed by atoms with van der Waals surface area (Å²) >= 11 is 5.51. The number of benzene rings is 2. The smallest absolute Gasteiger partial charge is 0.252 e. The molecule has 0 aliphatic heterocycles. The Kier molecular flexibility index (Phi) is 4.97. The summed E-state index contributed by atoms with van der Waals surface area (Å²) in [5, 5.41) is 2.36. The second-order valence-electron chi connectivity index (χ2n) is 5.06. The van der Waals surface area contributed by atoms with Gasteiger partial charge in [0.15, 0.2) is 9.84 Å². The minimum Gasteiger partial charge on any atom is -0.497 e. The fourth-order valence-corrected chi connectivity index (χ4v) is 3.18. The molecule has 23 heavy (non-hydrogen) atoms. The standard InChI is InChI=1S/C16H16ClNO4S/c1-10-8-14(18-11-4-6-12(22-2)7-5-11)15(23(3,20)21)9-13(10)16(17)19/h4-9,18H,1-3H3. The van der Waals surface area contributed by atoms with Crippen molar-refractivity contribution in [2.24, 2.45) is 0 Å². The normalized spacial score (nSPS) is 11.1. The average Bonchev–Trinajstić information content (AvgIpc) is 2.46. The monoisotopic (exact) mass is 353 g/mol. The summed E-state index contributed by atoms with van der Waals surface area (Å²) < 4.78 is 29.1. The van der Waals surface area contributed by atoms with Gasteiger partial charge in [0, 0.05) is 17.5 Å². The molecular formula is C16H16ClNO4S. The molecule has 0 heterocycles. The lowest BCUT2D eigenvalue weighted by Crippen LogP contribution is -2.06. The van der Waals surface area contributed by atoms with Crippen LogP contribution in [0.1, 0.15) is 15.9 Å². The Hall–Kier alpha value is -2.05. The third-order valence-electron chi connectivity index (χ3n) is 3.31. The van der Waals surface area contributed by atoms with E-state index in [1.165, 1.54) is 6.07 Å². The summed E-state index contributed by atoms with van der Waals surface area (Å²) in [6, 6.07) is 9.93. The second kappa shape index (κ2) is 6.60. The van der Waals surface area contributed by atoms with E-state index in [4.69, 9.17) is 16.3 Å². The molecule has 0 spiro atoms. The Morgan fingerprint density at radius 1 is 1.17 bits per heavy atom. The number of nitrogens with one attached hydrogen (secondary N) is 1. The Labute approximate surface area is 140 Å². The number of halogens is 1. The summed E-state index contributed by atoms with van der Waals surface area (Å²) in [5.74, 6) is 0.693. The number of carbonyl (C=O) groups is 1. The summed E-state index contributed by atoms with van der Waals surface area (Å²) in [4.78, 5) is 11.4. The number of hydrogen-bond acceptors (Lipinski definition) is 5. The highest BCUT2D eigenvalue weighted by Gasteiger charge is 2.18. The fraction of sp³-hybridized carbons (Fsp3) is 0.188. The van der Waals surface area contributed by atoms with Crippen LogP contribution in [0, 0.1) is 6.92 Å². The van der Waals surface area contributed by atoms with Crippen LogP contribution in [0.25, 0.3) is 0 Å². The molecule has 0 radical (unpaired) electrons. The molecule has 0 amide bonds. The van der Waals surface area contributed by atoms with Crippen LogP contribution in [-0.4, -0.2) is 27.0 Å². The molecule has 0 aromatic heterocycles. The summed E-state index contributed by atoms with van der Waals surface area (Å²) in [5.41, 5.74) is 1.85. The van der Waals surface area contributed by atoms with Crippen LogP contribution < -0.4 is 10.1 Å². The van der Waals surface area contributed by atoms with Gasteiger partial charge in [0.1, 0.15) is 5.75 Å². The van der Waals surface area contributed by atoms with Crippen molar-refractivity contribution < 1.29 is 17.9 Å². The van der Waals surface area contributed by atoms with Crippen molar-refractivity contribution in [1.82, 2.24) is 0 Å². The van der Waals surface area contributed by atoms with E-state index in [1.54, 1.807) is 44.4 Å². The third kappa shape index (κ3) is 4.03. The molecule has 1 N–H and O–H groups in total. The maximum Gasteiger partial charge on any atom is 0.252 e. The molecule has 2 rings (SSSR count). The van der Waals surface area contributed by atoms with Gasteiger partial charge < -0.3 is 10.1 Å². The highest BCUT2D eigenvalue weighted by atomic mass is 35.5. The van der Waals surface area contributed by atoms with Gasteiger partial charge >= 0.3 is 0 Å². The van der Waals surface area contributed by atoms with Gasteiger partial charge in [-0.2, -0.15) is 0 Å². The van der Waals surface area contributed by atoms with Crippen molar-refractivity contribution in [2.75, 3.05) is 18.7 Å². The van der Waals surface area contributed by atoms with Crippen molar-refractivity contribution >= 4 is 38.1 Å². The molecule has 0 unspecified atom stereocenters. The van der Waals surface area contributed by atoms with Gasteiger partial charge in [-0.25, -0.2) is 8.42 Å². The van der Waals surface area contributed by atoms with Gasteiger partial charge in [-0.15, -0.1) is 0 Å². The highest BCUT2D eigenvalue weighted by molar-refractivity contribution is 7.90. The first-order valence-corrected chi connectivity index (χ1v) is 8.95. The molecule has 2 aromatic rings. The lowest BCUT2D eigenvalue weighted by atomic mass is 10.1. The highest BCUT2D eigenvalue weighted by Crippen LogP contribution is 2.30. The summed E-state index contributed by atoms with van der Waals surface area (Å²) in [6.07, 6.45) is 1.08. The van der Waals surface area contributed by atoms with Crippen molar-refractivity contribution in [1.29, 1.82) is 0 Å².